The molecule has 62 heavy (non-hydrogen) atoms. The molecule has 0 saturated heterocycles. The molecule has 0 heterocycles. The van der Waals surface area contributed by atoms with Crippen molar-refractivity contribution in [2.75, 3.05) is 7.05 Å². The molecule has 0 unspecified atom stereocenters. The number of carboxylic acid groups (broad SMARTS) is 1. The van der Waals surface area contributed by atoms with Gasteiger partial charge in [-0.05, 0) is 141 Å². The van der Waals surface area contributed by atoms with Gasteiger partial charge in [0.15, 0.2) is 0 Å². The second-order valence-electron chi connectivity index (χ2n) is 18.9. The first-order chi connectivity index (χ1) is 28.0. The molecule has 0 aliphatic rings. The minimum atomic E-state index is -0.838. The fraction of sp³-hybridized carbons (Fsp3) is 0.472. The van der Waals surface area contributed by atoms with Gasteiger partial charge in [-0.15, -0.1) is 0 Å². The van der Waals surface area contributed by atoms with Crippen molar-refractivity contribution in [2.24, 2.45) is 5.73 Å². The van der Waals surface area contributed by atoms with Crippen LogP contribution in [0.25, 0.3) is 0 Å². The van der Waals surface area contributed by atoms with E-state index >= 15 is 0 Å². The molecule has 0 atom stereocenters. The number of nitrogens with one attached hydrogen (secondary N) is 1. The van der Waals surface area contributed by atoms with E-state index in [1.54, 1.807) is 54.5 Å². The number of Topliss-reactive ketones (excluding diaryl/α,β-unsaturated/α-hetero) is 3. The lowest BCUT2D eigenvalue weighted by Crippen LogP contribution is -2.38. The number of hydrogen-bond acceptors (Lipinski definition) is 8. The van der Waals surface area contributed by atoms with Crippen LogP contribution in [0.2, 0.25) is 0 Å². The standard InChI is InChI=1S/C14H21NO.C13H19NO.C13H18O2.C12H16O3.CH4/c1-11(16)8-12-6-5-7-13(9-12)10-14(2,3)15-4;1-10(15)7-11-5-4-6-12(8-11)9-13(2,3)14;1-10(14)7-11-5-4-6-12(8-11)9-13(2,3)15;1-12(2,15)8-10-5-3-4-9(6-10)7-11(13)14;/h5-7,9,15H,8,10H2,1-4H3;4-6,8H,7,9,14H2,1-3H3;4-6,8,15H,7,9H2,1-3H3;3-6,15H,7-8H2,1-2H3,(H,13,14);1H4. The van der Waals surface area contributed by atoms with E-state index in [9.17, 15) is 29.4 Å². The molecule has 6 N–H and O–H groups in total. The van der Waals surface area contributed by atoms with Crippen molar-refractivity contribution < 1.29 is 34.5 Å². The number of rotatable bonds is 17. The van der Waals surface area contributed by atoms with Crippen LogP contribution < -0.4 is 11.1 Å². The van der Waals surface area contributed by atoms with Crippen LogP contribution in [0.3, 0.4) is 0 Å². The third kappa shape index (κ3) is 29.5. The molecule has 4 aromatic rings. The van der Waals surface area contributed by atoms with Crippen molar-refractivity contribution in [1.82, 2.24) is 5.32 Å². The van der Waals surface area contributed by atoms with Crippen LogP contribution in [0.5, 0.6) is 0 Å². The SMILES string of the molecule is C.CC(=O)Cc1cccc(CC(C)(C)N)c1.CC(=O)Cc1cccc(CC(C)(C)O)c1.CC(C)(O)Cc1cccc(CC(=O)O)c1.CNC(C)(C)Cc1cccc(CC(C)=O)c1. The summed E-state index contributed by atoms with van der Waals surface area (Å²) < 4.78 is 0. The summed E-state index contributed by atoms with van der Waals surface area (Å²) in [4.78, 5) is 43.5. The molecule has 0 saturated carbocycles. The van der Waals surface area contributed by atoms with Gasteiger partial charge in [0.05, 0.1) is 17.6 Å². The monoisotopic (exact) mass is 855 g/mol. The van der Waals surface area contributed by atoms with E-state index in [2.05, 4.69) is 43.4 Å². The molecule has 0 fully saturated rings. The third-order valence-corrected chi connectivity index (χ3v) is 8.94. The Bertz CT molecular complexity index is 1830. The molecule has 4 aromatic carbocycles. The summed E-state index contributed by atoms with van der Waals surface area (Å²) in [6.07, 6.45) is 4.49. The summed E-state index contributed by atoms with van der Waals surface area (Å²) in [6.45, 7) is 20.2. The van der Waals surface area contributed by atoms with Gasteiger partial charge < -0.3 is 26.4 Å². The maximum Gasteiger partial charge on any atom is 0.307 e. The van der Waals surface area contributed by atoms with Crippen molar-refractivity contribution in [3.63, 3.8) is 0 Å². The first-order valence-corrected chi connectivity index (χ1v) is 21.0. The first kappa shape index (κ1) is 57.2. The maximum absolute atomic E-state index is 11.1. The van der Waals surface area contributed by atoms with Gasteiger partial charge in [0.1, 0.15) is 17.3 Å². The van der Waals surface area contributed by atoms with Crippen LogP contribution in [0.4, 0.5) is 0 Å². The van der Waals surface area contributed by atoms with Crippen LogP contribution in [0.1, 0.15) is 128 Å². The van der Waals surface area contributed by atoms with Crippen molar-refractivity contribution in [3.05, 3.63) is 142 Å². The minimum Gasteiger partial charge on any atom is -0.481 e. The fourth-order valence-corrected chi connectivity index (χ4v) is 6.56. The Morgan fingerprint density at radius 2 is 0.742 bits per heavy atom. The third-order valence-electron chi connectivity index (χ3n) is 8.94. The number of ketones is 3. The molecule has 0 bridgehead atoms. The summed E-state index contributed by atoms with van der Waals surface area (Å²) in [5, 5.41) is 31.2. The van der Waals surface area contributed by atoms with E-state index in [0.717, 1.165) is 46.2 Å². The van der Waals surface area contributed by atoms with E-state index in [4.69, 9.17) is 10.8 Å². The van der Waals surface area contributed by atoms with Crippen molar-refractivity contribution >= 4 is 23.3 Å². The Morgan fingerprint density at radius 1 is 0.484 bits per heavy atom. The molecule has 0 spiro atoms. The van der Waals surface area contributed by atoms with E-state index in [1.165, 1.54) is 11.1 Å². The highest BCUT2D eigenvalue weighted by molar-refractivity contribution is 5.79. The largest absolute Gasteiger partial charge is 0.481 e. The van der Waals surface area contributed by atoms with Gasteiger partial charge in [-0.1, -0.05) is 104 Å². The van der Waals surface area contributed by atoms with Crippen LogP contribution in [0.15, 0.2) is 97.1 Å². The zero-order valence-corrected chi connectivity index (χ0v) is 38.9. The van der Waals surface area contributed by atoms with Crippen LogP contribution in [-0.4, -0.2) is 68.0 Å². The van der Waals surface area contributed by atoms with Gasteiger partial charge in [-0.3, -0.25) is 19.2 Å². The Labute approximate surface area is 373 Å². The minimum absolute atomic E-state index is 0. The molecule has 0 aliphatic carbocycles. The van der Waals surface area contributed by atoms with Gasteiger partial charge in [0, 0.05) is 43.2 Å². The number of hydrogen-bond donors (Lipinski definition) is 5. The number of aliphatic hydroxyl groups is 2. The molecule has 9 heteroatoms. The van der Waals surface area contributed by atoms with E-state index < -0.39 is 17.2 Å². The van der Waals surface area contributed by atoms with E-state index in [1.807, 2.05) is 87.6 Å². The summed E-state index contributed by atoms with van der Waals surface area (Å²) in [7, 11) is 1.97. The summed E-state index contributed by atoms with van der Waals surface area (Å²) in [5.74, 6) is -0.269. The molecule has 0 amide bonds. The fourth-order valence-electron chi connectivity index (χ4n) is 6.56. The van der Waals surface area contributed by atoms with E-state index in [0.29, 0.717) is 32.1 Å². The number of benzene rings is 4. The summed E-state index contributed by atoms with van der Waals surface area (Å²) in [5.41, 5.74) is 12.9. The number of carbonyl (C=O) groups is 4. The van der Waals surface area contributed by atoms with Crippen molar-refractivity contribution in [2.45, 2.75) is 157 Å². The van der Waals surface area contributed by atoms with E-state index in [-0.39, 0.29) is 42.3 Å². The van der Waals surface area contributed by atoms with Gasteiger partial charge in [0.2, 0.25) is 0 Å². The molecule has 0 aliphatic heterocycles. The Balaban J connectivity index is 0.000000796. The number of nitrogens with two attached hydrogens (primary N) is 1. The lowest BCUT2D eigenvalue weighted by atomic mass is 9.93. The zero-order chi connectivity index (χ0) is 46.6. The van der Waals surface area contributed by atoms with Gasteiger partial charge in [-0.25, -0.2) is 0 Å². The van der Waals surface area contributed by atoms with Crippen LogP contribution in [0, 0.1) is 0 Å². The lowest BCUT2D eigenvalue weighted by molar-refractivity contribution is -0.136. The number of aliphatic carboxylic acids is 1. The van der Waals surface area contributed by atoms with Crippen molar-refractivity contribution in [3.8, 4) is 0 Å². The molecule has 342 valence electrons. The Kier molecular flexibility index (Phi) is 24.6. The van der Waals surface area contributed by atoms with Gasteiger partial charge in [0.25, 0.3) is 0 Å². The maximum atomic E-state index is 11.1. The Hall–Kier alpha value is -4.80. The second-order valence-corrected chi connectivity index (χ2v) is 18.9. The first-order valence-electron chi connectivity index (χ1n) is 21.0. The normalized spacial score (nSPS) is 11.3. The highest BCUT2D eigenvalue weighted by Crippen LogP contribution is 2.17. The van der Waals surface area contributed by atoms with Gasteiger partial charge in [-0.2, -0.15) is 0 Å². The summed E-state index contributed by atoms with van der Waals surface area (Å²) in [6, 6.07) is 31.5. The average Bonchev–Trinajstić information content (AvgIpc) is 3.06. The number of carbonyl (C=O) groups excluding carboxylic acids is 3. The van der Waals surface area contributed by atoms with Crippen LogP contribution in [-0.2, 0) is 70.5 Å². The highest BCUT2D eigenvalue weighted by Gasteiger charge is 2.17. The predicted molar refractivity (Wildman–Crippen MR) is 256 cm³/mol. The average molecular weight is 855 g/mol. The molecular weight excluding hydrogens is 777 g/mol. The number of likely N-dealkylation sites (N-methyl/N-ethyl adjacent to an activating group) is 1. The highest BCUT2D eigenvalue weighted by atomic mass is 16.4. The predicted octanol–water partition coefficient (Wildman–Crippen LogP) is 8.85. The number of carboxylic acids is 1. The molecule has 0 aromatic heterocycles. The van der Waals surface area contributed by atoms with Crippen molar-refractivity contribution in [1.29, 1.82) is 0 Å². The lowest BCUT2D eigenvalue weighted by Gasteiger charge is -2.24. The smallest absolute Gasteiger partial charge is 0.307 e. The molecular formula is C53H78N2O7. The second kappa shape index (κ2) is 26.6. The quantitative estimate of drug-likeness (QED) is 0.0697. The zero-order valence-electron chi connectivity index (χ0n) is 38.9. The molecule has 4 rings (SSSR count). The van der Waals surface area contributed by atoms with Gasteiger partial charge >= 0.3 is 5.97 Å². The molecule has 9 nitrogen and oxygen atoms in total. The topological polar surface area (TPSA) is 167 Å². The molecule has 0 radical (unpaired) electrons. The Morgan fingerprint density at radius 3 is 0.984 bits per heavy atom. The van der Waals surface area contributed by atoms with Crippen LogP contribution >= 0.6 is 0 Å². The summed E-state index contributed by atoms with van der Waals surface area (Å²) >= 11 is 0.